The Balaban J connectivity index is 1.24. The van der Waals surface area contributed by atoms with Crippen molar-refractivity contribution in [3.05, 3.63) is 151 Å². The number of rotatable bonds is 3. The maximum absolute atomic E-state index is 6.24. The van der Waals surface area contributed by atoms with Gasteiger partial charge in [0.25, 0.3) is 0 Å². The second kappa shape index (κ2) is 9.32. The SMILES string of the molecule is CC1(C)c2ccccc2-c2ccc(N(c3ccc4oc5ccccc5c4c3)c3ccc4sc5ccc6ccccc6c5c4c3)cc21. The second-order valence-corrected chi connectivity index (χ2v) is 14.0. The molecule has 2 nitrogen and oxygen atoms in total. The Hall–Kier alpha value is -5.38. The first-order chi connectivity index (χ1) is 22.5. The van der Waals surface area contributed by atoms with Gasteiger partial charge in [0.05, 0.1) is 0 Å². The van der Waals surface area contributed by atoms with Crippen molar-refractivity contribution in [3.63, 3.8) is 0 Å². The largest absolute Gasteiger partial charge is 0.456 e. The molecule has 0 aliphatic heterocycles. The number of hydrogen-bond donors (Lipinski definition) is 0. The van der Waals surface area contributed by atoms with E-state index in [1.165, 1.54) is 53.2 Å². The third-order valence-corrected chi connectivity index (χ3v) is 11.2. The van der Waals surface area contributed by atoms with Crippen molar-refractivity contribution in [2.24, 2.45) is 0 Å². The van der Waals surface area contributed by atoms with Crippen LogP contribution < -0.4 is 4.90 Å². The Kier molecular flexibility index (Phi) is 5.25. The summed E-state index contributed by atoms with van der Waals surface area (Å²) in [5.74, 6) is 0. The van der Waals surface area contributed by atoms with Gasteiger partial charge in [0.2, 0.25) is 0 Å². The number of hydrogen-bond acceptors (Lipinski definition) is 3. The van der Waals surface area contributed by atoms with Crippen LogP contribution in [0.5, 0.6) is 0 Å². The molecule has 1 aliphatic rings. The van der Waals surface area contributed by atoms with Gasteiger partial charge in [-0.05, 0) is 93.7 Å². The molecule has 0 spiro atoms. The normalized spacial score (nSPS) is 13.6. The van der Waals surface area contributed by atoms with Crippen LogP contribution in [-0.4, -0.2) is 0 Å². The quantitative estimate of drug-likeness (QED) is 0.199. The summed E-state index contributed by atoms with van der Waals surface area (Å²) < 4.78 is 8.86. The standard InChI is InChI=1S/C43H29NOS/c1-43(2)36-13-7-5-11-31(36)32-19-16-29(25-37(32)43)44(27-17-20-39-34(23-27)33-12-6-8-14-38(33)45-39)28-18-22-40-35(24-28)42-30-10-4-3-9-26(30)15-21-41(42)46-40/h3-25H,1-2H3. The maximum atomic E-state index is 6.24. The van der Waals surface area contributed by atoms with Crippen molar-refractivity contribution in [1.29, 1.82) is 0 Å². The molecule has 9 aromatic rings. The van der Waals surface area contributed by atoms with Crippen molar-refractivity contribution in [2.75, 3.05) is 4.90 Å². The maximum Gasteiger partial charge on any atom is 0.135 e. The van der Waals surface area contributed by atoms with Crippen molar-refractivity contribution >= 4 is 81.3 Å². The van der Waals surface area contributed by atoms with Crippen LogP contribution in [0.25, 0.3) is 64.0 Å². The average Bonchev–Trinajstić information content (AvgIpc) is 3.73. The lowest BCUT2D eigenvalue weighted by Gasteiger charge is -2.28. The van der Waals surface area contributed by atoms with Crippen LogP contribution in [0, 0.1) is 0 Å². The van der Waals surface area contributed by atoms with Crippen molar-refractivity contribution in [3.8, 4) is 11.1 Å². The van der Waals surface area contributed by atoms with Crippen LogP contribution in [0.4, 0.5) is 17.1 Å². The molecule has 0 amide bonds. The molecule has 0 atom stereocenters. The summed E-state index contributed by atoms with van der Waals surface area (Å²) in [6, 6.07) is 51.1. The van der Waals surface area contributed by atoms with Crippen LogP contribution in [0.1, 0.15) is 25.0 Å². The minimum absolute atomic E-state index is 0.0925. The lowest BCUT2D eigenvalue weighted by Crippen LogP contribution is -2.16. The summed E-state index contributed by atoms with van der Waals surface area (Å²) in [4.78, 5) is 2.43. The van der Waals surface area contributed by atoms with Crippen LogP contribution in [0.3, 0.4) is 0 Å². The fourth-order valence-corrected chi connectivity index (χ4v) is 8.91. The molecule has 46 heavy (non-hydrogen) atoms. The molecule has 2 aromatic heterocycles. The Morgan fingerprint density at radius 3 is 2.07 bits per heavy atom. The molecule has 0 saturated carbocycles. The lowest BCUT2D eigenvalue weighted by atomic mass is 9.82. The molecule has 218 valence electrons. The Morgan fingerprint density at radius 2 is 1.15 bits per heavy atom. The first-order valence-corrected chi connectivity index (χ1v) is 16.7. The fourth-order valence-electron chi connectivity index (χ4n) is 7.81. The van der Waals surface area contributed by atoms with Crippen molar-refractivity contribution < 1.29 is 4.42 Å². The van der Waals surface area contributed by atoms with Gasteiger partial charge < -0.3 is 9.32 Å². The highest BCUT2D eigenvalue weighted by atomic mass is 32.1. The molecule has 7 aromatic carbocycles. The van der Waals surface area contributed by atoms with Gasteiger partial charge in [0, 0.05) is 53.4 Å². The second-order valence-electron chi connectivity index (χ2n) is 13.0. The summed E-state index contributed by atoms with van der Waals surface area (Å²) >= 11 is 1.87. The van der Waals surface area contributed by atoms with Crippen molar-refractivity contribution in [1.82, 2.24) is 0 Å². The van der Waals surface area contributed by atoms with E-state index >= 15 is 0 Å². The molecule has 0 bridgehead atoms. The third kappa shape index (κ3) is 3.58. The zero-order valence-corrected chi connectivity index (χ0v) is 26.4. The number of thiophene rings is 1. The Morgan fingerprint density at radius 1 is 0.500 bits per heavy atom. The van der Waals surface area contributed by atoms with Crippen LogP contribution >= 0.6 is 11.3 Å². The molecule has 2 heterocycles. The van der Waals surface area contributed by atoms with E-state index in [4.69, 9.17) is 4.42 Å². The van der Waals surface area contributed by atoms with E-state index < -0.39 is 0 Å². The first kappa shape index (κ1) is 25.9. The van der Waals surface area contributed by atoms with E-state index in [0.717, 1.165) is 39.0 Å². The molecule has 0 radical (unpaired) electrons. The lowest BCUT2D eigenvalue weighted by molar-refractivity contribution is 0.660. The zero-order chi connectivity index (χ0) is 30.6. The predicted octanol–water partition coefficient (Wildman–Crippen LogP) is 12.9. The van der Waals surface area contributed by atoms with Crippen molar-refractivity contribution in [2.45, 2.75) is 19.3 Å². The van der Waals surface area contributed by atoms with E-state index in [9.17, 15) is 0 Å². The summed E-state index contributed by atoms with van der Waals surface area (Å²) in [5.41, 5.74) is 10.5. The molecular weight excluding hydrogens is 579 g/mol. The van der Waals surface area contributed by atoms with Crippen LogP contribution in [0.15, 0.2) is 144 Å². The highest BCUT2D eigenvalue weighted by Crippen LogP contribution is 2.51. The highest BCUT2D eigenvalue weighted by Gasteiger charge is 2.35. The molecule has 0 unspecified atom stereocenters. The molecule has 1 aliphatic carbocycles. The van der Waals surface area contributed by atoms with Crippen LogP contribution in [0.2, 0.25) is 0 Å². The summed E-state index contributed by atoms with van der Waals surface area (Å²) in [5, 5.41) is 7.47. The topological polar surface area (TPSA) is 16.4 Å². The summed E-state index contributed by atoms with van der Waals surface area (Å²) in [7, 11) is 0. The molecular formula is C43H29NOS. The average molecular weight is 608 g/mol. The predicted molar refractivity (Wildman–Crippen MR) is 196 cm³/mol. The summed E-state index contributed by atoms with van der Waals surface area (Å²) in [6.07, 6.45) is 0. The zero-order valence-electron chi connectivity index (χ0n) is 25.5. The first-order valence-electron chi connectivity index (χ1n) is 15.8. The van der Waals surface area contributed by atoms with Gasteiger partial charge in [-0.2, -0.15) is 0 Å². The Labute approximate surface area is 270 Å². The van der Waals surface area contributed by atoms with E-state index in [-0.39, 0.29) is 5.41 Å². The van der Waals surface area contributed by atoms with E-state index in [0.29, 0.717) is 0 Å². The van der Waals surface area contributed by atoms with Gasteiger partial charge in [-0.3, -0.25) is 0 Å². The Bertz CT molecular complexity index is 2690. The highest BCUT2D eigenvalue weighted by molar-refractivity contribution is 7.26. The number of para-hydroxylation sites is 1. The van der Waals surface area contributed by atoms with Gasteiger partial charge in [0.1, 0.15) is 11.2 Å². The van der Waals surface area contributed by atoms with Gasteiger partial charge in [0.15, 0.2) is 0 Å². The molecule has 0 N–H and O–H groups in total. The minimum Gasteiger partial charge on any atom is -0.456 e. The molecule has 10 rings (SSSR count). The van der Waals surface area contributed by atoms with E-state index in [2.05, 4.69) is 146 Å². The minimum atomic E-state index is -0.0925. The van der Waals surface area contributed by atoms with Gasteiger partial charge in [-0.25, -0.2) is 0 Å². The van der Waals surface area contributed by atoms with Crippen LogP contribution in [-0.2, 0) is 5.41 Å². The number of benzene rings is 7. The fraction of sp³-hybridized carbons (Fsp3) is 0.0698. The molecule has 3 heteroatoms. The summed E-state index contributed by atoms with van der Waals surface area (Å²) in [6.45, 7) is 4.70. The van der Waals surface area contributed by atoms with Gasteiger partial charge in [-0.1, -0.05) is 92.7 Å². The molecule has 0 saturated heterocycles. The van der Waals surface area contributed by atoms with E-state index in [1.54, 1.807) is 0 Å². The third-order valence-electron chi connectivity index (χ3n) is 10.0. The van der Waals surface area contributed by atoms with Gasteiger partial charge in [-0.15, -0.1) is 11.3 Å². The number of fused-ring (bicyclic) bond motifs is 11. The number of anilines is 3. The smallest absolute Gasteiger partial charge is 0.135 e. The number of nitrogens with zero attached hydrogens (tertiary/aromatic N) is 1. The molecule has 0 fully saturated rings. The van der Waals surface area contributed by atoms with E-state index in [1.807, 2.05) is 23.5 Å². The monoisotopic (exact) mass is 607 g/mol. The number of furan rings is 1. The van der Waals surface area contributed by atoms with Gasteiger partial charge >= 0.3 is 0 Å².